The largest absolute Gasteiger partial charge is 0.354 e. The van der Waals surface area contributed by atoms with Crippen molar-refractivity contribution in [3.05, 3.63) is 64.8 Å². The lowest BCUT2D eigenvalue weighted by Gasteiger charge is -2.09. The summed E-state index contributed by atoms with van der Waals surface area (Å²) in [4.78, 5) is 16.8. The van der Waals surface area contributed by atoms with Crippen molar-refractivity contribution in [2.75, 3.05) is 7.05 Å². The van der Waals surface area contributed by atoms with E-state index < -0.39 is 0 Å². The quantitative estimate of drug-likeness (QED) is 0.702. The van der Waals surface area contributed by atoms with Crippen molar-refractivity contribution in [3.8, 4) is 5.69 Å². The van der Waals surface area contributed by atoms with E-state index in [9.17, 15) is 9.18 Å². The fraction of sp³-hybridized carbons (Fsp3) is 0.118. The van der Waals surface area contributed by atoms with E-state index in [2.05, 4.69) is 15.4 Å². The number of nitrogens with zero attached hydrogens (tertiary/aromatic N) is 3. The molecule has 8 heteroatoms. The summed E-state index contributed by atoms with van der Waals surface area (Å²) in [7, 11) is 1.52. The molecule has 0 unspecified atom stereocenters. The molecule has 0 fully saturated rings. The first-order chi connectivity index (χ1) is 12.0. The second-order valence-electron chi connectivity index (χ2n) is 5.19. The van der Waals surface area contributed by atoms with Crippen molar-refractivity contribution in [1.29, 1.82) is 0 Å². The van der Waals surface area contributed by atoms with Crippen LogP contribution in [0.25, 0.3) is 5.69 Å². The highest BCUT2D eigenvalue weighted by atomic mass is 35.5. The lowest BCUT2D eigenvalue weighted by atomic mass is 10.2. The van der Waals surface area contributed by atoms with E-state index in [-0.39, 0.29) is 23.1 Å². The molecule has 3 rings (SSSR count). The van der Waals surface area contributed by atoms with Crippen LogP contribution in [0.4, 0.5) is 4.39 Å². The maximum atomic E-state index is 14.6. The number of halogens is 2. The number of hydrogen-bond acceptors (Lipinski definition) is 4. The minimum absolute atomic E-state index is 0.202. The Morgan fingerprint density at radius 3 is 2.80 bits per heavy atom. The van der Waals surface area contributed by atoms with Crippen LogP contribution in [0.2, 0.25) is 5.15 Å². The molecular weight excluding hydrogens is 363 g/mol. The van der Waals surface area contributed by atoms with Gasteiger partial charge in [-0.1, -0.05) is 35.5 Å². The number of aromatic nitrogens is 3. The van der Waals surface area contributed by atoms with Gasteiger partial charge in [0.15, 0.2) is 11.5 Å². The Labute approximate surface area is 153 Å². The molecule has 1 amide bonds. The maximum Gasteiger partial charge on any atom is 0.271 e. The number of carbonyl (C=O) groups is 1. The second-order valence-corrected chi connectivity index (χ2v) is 6.67. The fourth-order valence-electron chi connectivity index (χ4n) is 2.19. The molecule has 0 aliphatic heterocycles. The Morgan fingerprint density at radius 2 is 2.12 bits per heavy atom. The van der Waals surface area contributed by atoms with Gasteiger partial charge in [0.2, 0.25) is 0 Å². The van der Waals surface area contributed by atoms with Crippen LogP contribution in [0, 0.1) is 12.7 Å². The number of carbonyl (C=O) groups excluding carboxylic acids is 1. The Morgan fingerprint density at radius 1 is 1.32 bits per heavy atom. The third-order valence-electron chi connectivity index (χ3n) is 3.46. The van der Waals surface area contributed by atoms with Crippen LogP contribution < -0.4 is 5.32 Å². The SMILES string of the molecule is CNC(=O)c1cc(Sc2ccc(Cl)nc2)n(-c2cccc(C)c2F)n1. The number of amides is 1. The fourth-order valence-corrected chi connectivity index (χ4v) is 3.18. The van der Waals surface area contributed by atoms with Gasteiger partial charge in [0, 0.05) is 24.2 Å². The third-order valence-corrected chi connectivity index (χ3v) is 4.66. The minimum atomic E-state index is -0.384. The molecule has 2 aromatic heterocycles. The Bertz CT molecular complexity index is 927. The van der Waals surface area contributed by atoms with E-state index in [1.807, 2.05) is 0 Å². The third kappa shape index (κ3) is 3.67. The lowest BCUT2D eigenvalue weighted by molar-refractivity contribution is 0.0957. The number of nitrogens with one attached hydrogen (secondary N) is 1. The average molecular weight is 377 g/mol. The van der Waals surface area contributed by atoms with E-state index in [1.165, 1.54) is 23.5 Å². The van der Waals surface area contributed by atoms with Gasteiger partial charge in [0.25, 0.3) is 5.91 Å². The zero-order valence-corrected chi connectivity index (χ0v) is 15.0. The predicted molar refractivity (Wildman–Crippen MR) is 95.0 cm³/mol. The summed E-state index contributed by atoms with van der Waals surface area (Å²) in [5.74, 6) is -0.729. The average Bonchev–Trinajstić information content (AvgIpc) is 3.02. The van der Waals surface area contributed by atoms with Crippen molar-refractivity contribution in [2.24, 2.45) is 0 Å². The Kier molecular flexibility index (Phi) is 5.06. The highest BCUT2D eigenvalue weighted by molar-refractivity contribution is 7.99. The molecule has 5 nitrogen and oxygen atoms in total. The van der Waals surface area contributed by atoms with Gasteiger partial charge in [0.05, 0.1) is 0 Å². The van der Waals surface area contributed by atoms with E-state index in [0.717, 1.165) is 4.90 Å². The highest BCUT2D eigenvalue weighted by Gasteiger charge is 2.18. The van der Waals surface area contributed by atoms with Crippen LogP contribution in [-0.4, -0.2) is 27.7 Å². The van der Waals surface area contributed by atoms with Crippen LogP contribution >= 0.6 is 23.4 Å². The molecule has 0 radical (unpaired) electrons. The summed E-state index contributed by atoms with van der Waals surface area (Å²) < 4.78 is 16.0. The molecule has 0 aliphatic carbocycles. The van der Waals surface area contributed by atoms with E-state index in [4.69, 9.17) is 11.6 Å². The van der Waals surface area contributed by atoms with E-state index >= 15 is 0 Å². The lowest BCUT2D eigenvalue weighted by Crippen LogP contribution is -2.18. The number of rotatable bonds is 4. The van der Waals surface area contributed by atoms with Crippen LogP contribution in [0.5, 0.6) is 0 Å². The molecule has 3 aromatic rings. The normalized spacial score (nSPS) is 10.7. The molecule has 0 bridgehead atoms. The summed E-state index contributed by atoms with van der Waals surface area (Å²) in [6, 6.07) is 10.1. The van der Waals surface area contributed by atoms with Gasteiger partial charge in [-0.2, -0.15) is 5.10 Å². The number of aryl methyl sites for hydroxylation is 1. The molecule has 0 saturated heterocycles. The van der Waals surface area contributed by atoms with Crippen LogP contribution in [0.1, 0.15) is 16.1 Å². The summed E-state index contributed by atoms with van der Waals surface area (Å²) in [5, 5.41) is 7.76. The van der Waals surface area contributed by atoms with Crippen LogP contribution in [0.3, 0.4) is 0 Å². The first-order valence-corrected chi connectivity index (χ1v) is 8.56. The molecule has 1 N–H and O–H groups in total. The topological polar surface area (TPSA) is 59.8 Å². The van der Waals surface area contributed by atoms with Gasteiger partial charge in [0.1, 0.15) is 15.9 Å². The number of benzene rings is 1. The molecule has 1 aromatic carbocycles. The minimum Gasteiger partial charge on any atom is -0.354 e. The zero-order valence-electron chi connectivity index (χ0n) is 13.5. The van der Waals surface area contributed by atoms with Crippen LogP contribution in [0.15, 0.2) is 52.5 Å². The van der Waals surface area contributed by atoms with Crippen molar-refractivity contribution in [1.82, 2.24) is 20.1 Å². The molecule has 2 heterocycles. The highest BCUT2D eigenvalue weighted by Crippen LogP contribution is 2.31. The van der Waals surface area contributed by atoms with Gasteiger partial charge in [-0.15, -0.1) is 0 Å². The predicted octanol–water partition coefficient (Wildman–Crippen LogP) is 3.88. The molecular formula is C17H14ClFN4OS. The van der Waals surface area contributed by atoms with Gasteiger partial charge in [-0.25, -0.2) is 14.1 Å². The van der Waals surface area contributed by atoms with Crippen molar-refractivity contribution in [2.45, 2.75) is 16.8 Å². The first-order valence-electron chi connectivity index (χ1n) is 7.36. The molecule has 0 aliphatic rings. The zero-order chi connectivity index (χ0) is 18.0. The van der Waals surface area contributed by atoms with Gasteiger partial charge in [-0.05, 0) is 30.7 Å². The summed E-state index contributed by atoms with van der Waals surface area (Å²) in [6.07, 6.45) is 1.61. The molecule has 0 atom stereocenters. The van der Waals surface area contributed by atoms with Crippen LogP contribution in [-0.2, 0) is 0 Å². The number of hydrogen-bond donors (Lipinski definition) is 1. The van der Waals surface area contributed by atoms with E-state index in [0.29, 0.717) is 15.7 Å². The van der Waals surface area contributed by atoms with E-state index in [1.54, 1.807) is 49.5 Å². The van der Waals surface area contributed by atoms with Crippen molar-refractivity contribution >= 4 is 29.3 Å². The molecule has 128 valence electrons. The monoisotopic (exact) mass is 376 g/mol. The molecule has 0 spiro atoms. The maximum absolute atomic E-state index is 14.6. The Balaban J connectivity index is 2.09. The first kappa shape index (κ1) is 17.4. The molecule has 25 heavy (non-hydrogen) atoms. The summed E-state index contributed by atoms with van der Waals surface area (Å²) in [5.41, 5.74) is 0.978. The van der Waals surface area contributed by atoms with Gasteiger partial charge in [-0.3, -0.25) is 4.79 Å². The Hall–Kier alpha value is -2.38. The summed E-state index contributed by atoms with van der Waals surface area (Å²) in [6.45, 7) is 1.68. The van der Waals surface area contributed by atoms with Crippen molar-refractivity contribution in [3.63, 3.8) is 0 Å². The van der Waals surface area contributed by atoms with Crippen molar-refractivity contribution < 1.29 is 9.18 Å². The number of pyridine rings is 1. The smallest absolute Gasteiger partial charge is 0.271 e. The van der Waals surface area contributed by atoms with Gasteiger partial charge >= 0.3 is 0 Å². The standard InChI is InChI=1S/C17H14ClFN4OS/c1-10-4-3-5-13(16(10)19)23-15(8-12(22-23)17(24)20-2)25-11-6-7-14(18)21-9-11/h3-9H,1-2H3,(H,20,24). The van der Waals surface area contributed by atoms with Gasteiger partial charge < -0.3 is 5.32 Å². The molecule has 0 saturated carbocycles. The second kappa shape index (κ2) is 7.25. The summed E-state index contributed by atoms with van der Waals surface area (Å²) >= 11 is 7.12.